The highest BCUT2D eigenvalue weighted by atomic mass is 32.2. The average Bonchev–Trinajstić information content (AvgIpc) is 3.01. The molecule has 3 rings (SSSR count). The monoisotopic (exact) mass is 424 g/mol. The largest absolute Gasteiger partial charge is 0.482 e. The second-order valence-electron chi connectivity index (χ2n) is 6.90. The lowest BCUT2D eigenvalue weighted by Crippen LogP contribution is -2.30. The van der Waals surface area contributed by atoms with Crippen LogP contribution in [0.2, 0.25) is 0 Å². The number of carboxylic acids is 1. The Hall–Kier alpha value is -3.06. The number of rotatable bonds is 8. The molecule has 2 aromatic carbocycles. The van der Waals surface area contributed by atoms with E-state index in [0.717, 1.165) is 29.7 Å². The van der Waals surface area contributed by atoms with Crippen LogP contribution in [0.3, 0.4) is 0 Å². The average molecular weight is 425 g/mol. The van der Waals surface area contributed by atoms with E-state index in [4.69, 9.17) is 14.8 Å². The van der Waals surface area contributed by atoms with Crippen molar-refractivity contribution in [3.8, 4) is 5.75 Å². The number of carboxylic acid groups (broad SMARTS) is 1. The first-order valence-corrected chi connectivity index (χ1v) is 10.6. The van der Waals surface area contributed by atoms with Gasteiger partial charge < -0.3 is 9.84 Å². The van der Waals surface area contributed by atoms with Gasteiger partial charge in [0.2, 0.25) is 0 Å². The Morgan fingerprint density at radius 3 is 2.50 bits per heavy atom. The molecule has 1 aliphatic rings. The van der Waals surface area contributed by atoms with Gasteiger partial charge in [-0.05, 0) is 61.0 Å². The topological polar surface area (TPSA) is 79.2 Å². The van der Waals surface area contributed by atoms with Crippen molar-refractivity contribution < 1.29 is 19.4 Å². The van der Waals surface area contributed by atoms with Crippen molar-refractivity contribution in [1.29, 1.82) is 0 Å². The molecule has 0 bridgehead atoms. The first-order valence-electron chi connectivity index (χ1n) is 9.77. The molecule has 1 N–H and O–H groups in total. The number of aryl methyl sites for hydroxylation is 1. The Morgan fingerprint density at radius 2 is 1.87 bits per heavy atom. The van der Waals surface area contributed by atoms with Crippen LogP contribution in [0.15, 0.2) is 58.4 Å². The summed E-state index contributed by atoms with van der Waals surface area (Å²) in [5.74, 6) is -0.608. The third kappa shape index (κ3) is 5.73. The molecular formula is C23H24N2O4S. The fourth-order valence-corrected chi connectivity index (χ4v) is 3.82. The molecule has 2 aromatic rings. The summed E-state index contributed by atoms with van der Waals surface area (Å²) in [5, 5.41) is 9.37. The summed E-state index contributed by atoms with van der Waals surface area (Å²) < 4.78 is 5.15. The van der Waals surface area contributed by atoms with Gasteiger partial charge in [-0.2, -0.15) is 0 Å². The van der Waals surface area contributed by atoms with Gasteiger partial charge in [0.15, 0.2) is 11.8 Å². The normalized spacial score (nSPS) is 16.5. The summed E-state index contributed by atoms with van der Waals surface area (Å²) in [6, 6.07) is 14.9. The van der Waals surface area contributed by atoms with Crippen LogP contribution in [-0.4, -0.2) is 40.2 Å². The first kappa shape index (κ1) is 21.6. The highest BCUT2D eigenvalue weighted by Crippen LogP contribution is 2.34. The summed E-state index contributed by atoms with van der Waals surface area (Å²) in [6.07, 6.45) is 3.72. The van der Waals surface area contributed by atoms with E-state index in [1.807, 2.05) is 37.3 Å². The van der Waals surface area contributed by atoms with Gasteiger partial charge in [-0.3, -0.25) is 9.69 Å². The number of benzene rings is 2. The highest BCUT2D eigenvalue weighted by molar-refractivity contribution is 8.18. The molecule has 0 aromatic heterocycles. The lowest BCUT2D eigenvalue weighted by Gasteiger charge is -2.14. The quantitative estimate of drug-likeness (QED) is 0.612. The number of amides is 1. The van der Waals surface area contributed by atoms with E-state index in [1.54, 1.807) is 29.2 Å². The van der Waals surface area contributed by atoms with Gasteiger partial charge in [-0.15, -0.1) is 0 Å². The maximum absolute atomic E-state index is 13.0. The van der Waals surface area contributed by atoms with Crippen LogP contribution in [0.4, 0.5) is 5.69 Å². The van der Waals surface area contributed by atoms with Gasteiger partial charge in [-0.1, -0.05) is 43.2 Å². The molecule has 1 amide bonds. The highest BCUT2D eigenvalue weighted by Gasteiger charge is 2.32. The van der Waals surface area contributed by atoms with Crippen LogP contribution in [-0.2, 0) is 9.59 Å². The van der Waals surface area contributed by atoms with Crippen LogP contribution in [0.5, 0.6) is 5.75 Å². The van der Waals surface area contributed by atoms with Gasteiger partial charge in [0.25, 0.3) is 5.91 Å². The minimum absolute atomic E-state index is 0.0504. The van der Waals surface area contributed by atoms with E-state index < -0.39 is 5.97 Å². The molecule has 1 fully saturated rings. The molecule has 0 unspecified atom stereocenters. The Balaban J connectivity index is 1.81. The van der Waals surface area contributed by atoms with Crippen molar-refractivity contribution in [2.24, 2.45) is 4.99 Å². The van der Waals surface area contributed by atoms with Gasteiger partial charge in [0.1, 0.15) is 5.75 Å². The van der Waals surface area contributed by atoms with Crippen LogP contribution in [0, 0.1) is 6.92 Å². The molecule has 0 radical (unpaired) electrons. The summed E-state index contributed by atoms with van der Waals surface area (Å²) in [5.41, 5.74) is 2.81. The summed E-state index contributed by atoms with van der Waals surface area (Å²) in [7, 11) is 0. The van der Waals surface area contributed by atoms with Crippen molar-refractivity contribution in [2.75, 3.05) is 13.2 Å². The first-order chi connectivity index (χ1) is 14.5. The van der Waals surface area contributed by atoms with Crippen LogP contribution >= 0.6 is 11.8 Å². The SMILES string of the molecule is CCCCN1C(=O)/C(=C\c2ccc(OCC(=O)O)cc2)SC1=Nc1ccc(C)cc1. The number of carbonyl (C=O) groups is 2. The number of hydrogen-bond acceptors (Lipinski definition) is 5. The van der Waals surface area contributed by atoms with Crippen LogP contribution < -0.4 is 4.74 Å². The molecule has 7 heteroatoms. The number of aliphatic carboxylic acids is 1. The minimum atomic E-state index is -1.03. The fraction of sp³-hybridized carbons (Fsp3) is 0.261. The fourth-order valence-electron chi connectivity index (χ4n) is 2.79. The van der Waals surface area contributed by atoms with E-state index >= 15 is 0 Å². The second kappa shape index (κ2) is 10.1. The molecule has 1 heterocycles. The zero-order valence-electron chi connectivity index (χ0n) is 17.0. The molecule has 1 saturated heterocycles. The van der Waals surface area contributed by atoms with Crippen molar-refractivity contribution in [1.82, 2.24) is 4.90 Å². The Morgan fingerprint density at radius 1 is 1.17 bits per heavy atom. The predicted molar refractivity (Wildman–Crippen MR) is 120 cm³/mol. The molecule has 0 atom stereocenters. The maximum Gasteiger partial charge on any atom is 0.341 e. The van der Waals surface area contributed by atoms with Gasteiger partial charge in [0.05, 0.1) is 10.6 Å². The number of nitrogens with zero attached hydrogens (tertiary/aromatic N) is 2. The van der Waals surface area contributed by atoms with E-state index in [-0.39, 0.29) is 12.5 Å². The summed E-state index contributed by atoms with van der Waals surface area (Å²) in [4.78, 5) is 30.6. The maximum atomic E-state index is 13.0. The zero-order chi connectivity index (χ0) is 21.5. The molecule has 1 aliphatic heterocycles. The number of unbranched alkanes of at least 4 members (excludes halogenated alkanes) is 1. The predicted octanol–water partition coefficient (Wildman–Crippen LogP) is 4.86. The molecule has 0 spiro atoms. The van der Waals surface area contributed by atoms with Crippen molar-refractivity contribution in [3.05, 3.63) is 64.6 Å². The Labute approximate surface area is 180 Å². The molecule has 6 nitrogen and oxygen atoms in total. The van der Waals surface area contributed by atoms with E-state index in [2.05, 4.69) is 6.92 Å². The number of hydrogen-bond donors (Lipinski definition) is 1. The second-order valence-corrected chi connectivity index (χ2v) is 7.91. The lowest BCUT2D eigenvalue weighted by molar-refractivity contribution is -0.139. The Bertz CT molecular complexity index is 966. The summed E-state index contributed by atoms with van der Waals surface area (Å²) >= 11 is 1.37. The number of amidine groups is 1. The number of thioether (sulfide) groups is 1. The molecule has 0 saturated carbocycles. The van der Waals surface area contributed by atoms with Crippen molar-refractivity contribution in [3.63, 3.8) is 0 Å². The molecule has 30 heavy (non-hydrogen) atoms. The van der Waals surface area contributed by atoms with E-state index in [0.29, 0.717) is 22.4 Å². The smallest absolute Gasteiger partial charge is 0.341 e. The third-order valence-electron chi connectivity index (χ3n) is 4.42. The van der Waals surface area contributed by atoms with Crippen LogP contribution in [0.25, 0.3) is 6.08 Å². The molecular weight excluding hydrogens is 400 g/mol. The number of ether oxygens (including phenoxy) is 1. The summed E-state index contributed by atoms with van der Waals surface area (Å²) in [6.45, 7) is 4.36. The lowest BCUT2D eigenvalue weighted by atomic mass is 10.2. The zero-order valence-corrected chi connectivity index (χ0v) is 17.8. The number of carbonyl (C=O) groups excluding carboxylic acids is 1. The van der Waals surface area contributed by atoms with Gasteiger partial charge in [-0.25, -0.2) is 9.79 Å². The molecule has 0 aliphatic carbocycles. The minimum Gasteiger partial charge on any atom is -0.482 e. The molecule has 156 valence electrons. The van der Waals surface area contributed by atoms with Crippen molar-refractivity contribution in [2.45, 2.75) is 26.7 Å². The number of aliphatic imine (C=N–C) groups is 1. The van der Waals surface area contributed by atoms with Gasteiger partial charge >= 0.3 is 5.97 Å². The van der Waals surface area contributed by atoms with Crippen LogP contribution in [0.1, 0.15) is 30.9 Å². The van der Waals surface area contributed by atoms with E-state index in [1.165, 1.54) is 11.8 Å². The standard InChI is InChI=1S/C23H24N2O4S/c1-3-4-13-25-22(28)20(30-23(25)24-18-9-5-16(2)6-10-18)14-17-7-11-19(12-8-17)29-15-21(26)27/h5-12,14H,3-4,13,15H2,1-2H3,(H,26,27)/b20-14+,24-23?. The van der Waals surface area contributed by atoms with Crippen molar-refractivity contribution >= 4 is 40.6 Å². The van der Waals surface area contributed by atoms with E-state index in [9.17, 15) is 9.59 Å². The van der Waals surface area contributed by atoms with Gasteiger partial charge in [0, 0.05) is 6.54 Å². The Kier molecular flexibility index (Phi) is 7.30. The third-order valence-corrected chi connectivity index (χ3v) is 5.43.